The number of nitrogens with two attached hydrogens (primary N) is 1. The third-order valence-electron chi connectivity index (χ3n) is 4.06. The van der Waals surface area contributed by atoms with Gasteiger partial charge in [0.05, 0.1) is 0 Å². The largest absolute Gasteiger partial charge is 0.340 e. The third kappa shape index (κ3) is 3.81. The first-order valence-corrected chi connectivity index (χ1v) is 7.36. The molecule has 1 fully saturated rings. The van der Waals surface area contributed by atoms with Gasteiger partial charge in [-0.2, -0.15) is 0 Å². The van der Waals surface area contributed by atoms with E-state index >= 15 is 0 Å². The maximum absolute atomic E-state index is 11.8. The highest BCUT2D eigenvalue weighted by Crippen LogP contribution is 2.13. The molecule has 0 radical (unpaired) electrons. The number of rotatable bonds is 4. The van der Waals surface area contributed by atoms with Crippen molar-refractivity contribution in [2.24, 2.45) is 5.73 Å². The van der Waals surface area contributed by atoms with E-state index in [0.29, 0.717) is 13.0 Å². The Morgan fingerprint density at radius 1 is 1.15 bits per heavy atom. The minimum absolute atomic E-state index is 0.193. The number of hydrogen-bond donors (Lipinski definition) is 1. The maximum atomic E-state index is 11.8. The topological polar surface area (TPSA) is 49.6 Å². The number of piperazine rings is 1. The van der Waals surface area contributed by atoms with Crippen molar-refractivity contribution in [3.63, 3.8) is 0 Å². The van der Waals surface area contributed by atoms with Crippen LogP contribution < -0.4 is 5.73 Å². The van der Waals surface area contributed by atoms with E-state index < -0.39 is 0 Å². The summed E-state index contributed by atoms with van der Waals surface area (Å²) in [6.45, 7) is 9.25. The Balaban J connectivity index is 1.85. The molecule has 110 valence electrons. The number of benzene rings is 1. The summed E-state index contributed by atoms with van der Waals surface area (Å²) in [5, 5.41) is 0. The van der Waals surface area contributed by atoms with Gasteiger partial charge in [0.1, 0.15) is 0 Å². The van der Waals surface area contributed by atoms with Crippen LogP contribution in [0.1, 0.15) is 23.1 Å². The predicted molar refractivity (Wildman–Crippen MR) is 81.4 cm³/mol. The molecule has 0 unspecified atom stereocenters. The number of hydrogen-bond acceptors (Lipinski definition) is 3. The lowest BCUT2D eigenvalue weighted by molar-refractivity contribution is -0.132. The van der Waals surface area contributed by atoms with E-state index in [0.717, 1.165) is 32.7 Å². The molecular weight excluding hydrogens is 250 g/mol. The van der Waals surface area contributed by atoms with E-state index in [-0.39, 0.29) is 5.91 Å². The van der Waals surface area contributed by atoms with Crippen molar-refractivity contribution < 1.29 is 4.79 Å². The Morgan fingerprint density at radius 3 is 2.45 bits per heavy atom. The summed E-state index contributed by atoms with van der Waals surface area (Å²) < 4.78 is 0. The van der Waals surface area contributed by atoms with E-state index in [1.165, 1.54) is 16.7 Å². The number of nitrogens with zero attached hydrogens (tertiary/aromatic N) is 2. The Labute approximate surface area is 121 Å². The van der Waals surface area contributed by atoms with Gasteiger partial charge in [-0.1, -0.05) is 18.2 Å². The van der Waals surface area contributed by atoms with Crippen molar-refractivity contribution in [1.82, 2.24) is 9.80 Å². The van der Waals surface area contributed by atoms with Crippen LogP contribution in [0.3, 0.4) is 0 Å². The van der Waals surface area contributed by atoms with Crippen molar-refractivity contribution in [3.05, 3.63) is 34.9 Å². The van der Waals surface area contributed by atoms with Crippen molar-refractivity contribution in [2.75, 3.05) is 32.7 Å². The van der Waals surface area contributed by atoms with Gasteiger partial charge in [0.25, 0.3) is 0 Å². The fraction of sp³-hybridized carbons (Fsp3) is 0.562. The van der Waals surface area contributed by atoms with E-state index in [4.69, 9.17) is 5.73 Å². The van der Waals surface area contributed by atoms with E-state index in [1.54, 1.807) is 0 Å². The predicted octanol–water partition coefficient (Wildman–Crippen LogP) is 1.30. The van der Waals surface area contributed by atoms with Gasteiger partial charge in [0, 0.05) is 45.7 Å². The van der Waals surface area contributed by atoms with Gasteiger partial charge in [0.2, 0.25) is 5.91 Å². The van der Waals surface area contributed by atoms with Crippen LogP contribution in [0.15, 0.2) is 18.2 Å². The SMILES string of the molecule is Cc1ccc(CN2CCN(C(=O)CCN)CC2)cc1C. The van der Waals surface area contributed by atoms with Crippen molar-refractivity contribution in [3.8, 4) is 0 Å². The van der Waals surface area contributed by atoms with Gasteiger partial charge >= 0.3 is 0 Å². The zero-order valence-electron chi connectivity index (χ0n) is 12.6. The van der Waals surface area contributed by atoms with Gasteiger partial charge in [-0.15, -0.1) is 0 Å². The molecule has 0 aliphatic carbocycles. The molecule has 1 aliphatic heterocycles. The van der Waals surface area contributed by atoms with Crippen LogP contribution in [0.25, 0.3) is 0 Å². The van der Waals surface area contributed by atoms with Crippen LogP contribution in [0.5, 0.6) is 0 Å². The Morgan fingerprint density at radius 2 is 1.85 bits per heavy atom. The molecule has 1 aromatic rings. The van der Waals surface area contributed by atoms with E-state index in [2.05, 4.69) is 36.9 Å². The molecule has 0 spiro atoms. The Kier molecular flexibility index (Phi) is 5.15. The molecule has 1 aliphatic rings. The zero-order valence-corrected chi connectivity index (χ0v) is 12.6. The quantitative estimate of drug-likeness (QED) is 0.901. The second-order valence-corrected chi connectivity index (χ2v) is 5.61. The average molecular weight is 275 g/mol. The standard InChI is InChI=1S/C16H25N3O/c1-13-3-4-15(11-14(13)2)12-18-7-9-19(10-8-18)16(20)5-6-17/h3-4,11H,5-10,12,17H2,1-2H3. The first-order chi connectivity index (χ1) is 9.60. The van der Waals surface area contributed by atoms with Crippen LogP contribution >= 0.6 is 0 Å². The summed E-state index contributed by atoms with van der Waals surface area (Å²) in [6.07, 6.45) is 0.469. The van der Waals surface area contributed by atoms with Crippen molar-refractivity contribution in [1.29, 1.82) is 0 Å². The highest BCUT2D eigenvalue weighted by molar-refractivity contribution is 5.76. The Bertz CT molecular complexity index is 465. The van der Waals surface area contributed by atoms with Crippen LogP contribution in [-0.2, 0) is 11.3 Å². The number of carbonyl (C=O) groups excluding carboxylic acids is 1. The normalized spacial score (nSPS) is 16.4. The van der Waals surface area contributed by atoms with Crippen LogP contribution in [0.4, 0.5) is 0 Å². The number of carbonyl (C=O) groups is 1. The maximum Gasteiger partial charge on any atom is 0.223 e. The fourth-order valence-electron chi connectivity index (χ4n) is 2.60. The van der Waals surface area contributed by atoms with Gasteiger partial charge in [-0.25, -0.2) is 0 Å². The molecule has 20 heavy (non-hydrogen) atoms. The molecule has 4 nitrogen and oxygen atoms in total. The lowest BCUT2D eigenvalue weighted by atomic mass is 10.1. The Hall–Kier alpha value is -1.39. The highest BCUT2D eigenvalue weighted by atomic mass is 16.2. The molecule has 2 N–H and O–H groups in total. The third-order valence-corrected chi connectivity index (χ3v) is 4.06. The average Bonchev–Trinajstić information content (AvgIpc) is 2.44. The van der Waals surface area contributed by atoms with Crippen LogP contribution in [-0.4, -0.2) is 48.4 Å². The lowest BCUT2D eigenvalue weighted by Crippen LogP contribution is -2.48. The smallest absolute Gasteiger partial charge is 0.223 e. The van der Waals surface area contributed by atoms with Crippen LogP contribution in [0.2, 0.25) is 0 Å². The van der Waals surface area contributed by atoms with Gasteiger partial charge in [-0.05, 0) is 30.5 Å². The summed E-state index contributed by atoms with van der Waals surface area (Å²) in [7, 11) is 0. The second-order valence-electron chi connectivity index (χ2n) is 5.61. The molecule has 1 heterocycles. The number of amides is 1. The molecule has 1 saturated heterocycles. The summed E-state index contributed by atoms with van der Waals surface area (Å²) in [5.41, 5.74) is 9.48. The first-order valence-electron chi connectivity index (χ1n) is 7.36. The summed E-state index contributed by atoms with van der Waals surface area (Å²) in [5.74, 6) is 0.193. The minimum Gasteiger partial charge on any atom is -0.340 e. The monoisotopic (exact) mass is 275 g/mol. The first kappa shape index (κ1) is 15.0. The molecule has 0 bridgehead atoms. The van der Waals surface area contributed by atoms with Gasteiger partial charge in [0.15, 0.2) is 0 Å². The summed E-state index contributed by atoms with van der Waals surface area (Å²) in [6, 6.07) is 6.65. The molecule has 4 heteroatoms. The molecule has 1 aromatic carbocycles. The molecule has 1 amide bonds. The molecule has 2 rings (SSSR count). The highest BCUT2D eigenvalue weighted by Gasteiger charge is 2.20. The van der Waals surface area contributed by atoms with E-state index in [9.17, 15) is 4.79 Å². The molecule has 0 aromatic heterocycles. The summed E-state index contributed by atoms with van der Waals surface area (Å²) in [4.78, 5) is 16.1. The van der Waals surface area contributed by atoms with Crippen LogP contribution in [0, 0.1) is 13.8 Å². The second kappa shape index (κ2) is 6.86. The van der Waals surface area contributed by atoms with Crippen molar-refractivity contribution in [2.45, 2.75) is 26.8 Å². The van der Waals surface area contributed by atoms with Gasteiger partial charge < -0.3 is 10.6 Å². The van der Waals surface area contributed by atoms with Gasteiger partial charge in [-0.3, -0.25) is 9.69 Å². The number of aryl methyl sites for hydroxylation is 2. The lowest BCUT2D eigenvalue weighted by Gasteiger charge is -2.34. The molecule has 0 atom stereocenters. The summed E-state index contributed by atoms with van der Waals surface area (Å²) >= 11 is 0. The van der Waals surface area contributed by atoms with E-state index in [1.807, 2.05) is 4.90 Å². The van der Waals surface area contributed by atoms with Crippen molar-refractivity contribution >= 4 is 5.91 Å². The fourth-order valence-corrected chi connectivity index (χ4v) is 2.60. The zero-order chi connectivity index (χ0) is 14.5. The minimum atomic E-state index is 0.193. The molecule has 0 saturated carbocycles. The molecular formula is C16H25N3O.